The number of imidazole rings is 1. The van der Waals surface area contributed by atoms with Crippen molar-refractivity contribution in [1.29, 1.82) is 0 Å². The van der Waals surface area contributed by atoms with E-state index in [1.807, 2.05) is 9.47 Å². The number of nitrogen functional groups attached to an aromatic ring is 1. The molecular formula is C42H58FN10O19P3S. The monoisotopic (exact) mass is 1150 g/mol. The molecule has 9 atom stereocenters. The van der Waals surface area contributed by atoms with Gasteiger partial charge in [-0.25, -0.2) is 33.0 Å². The molecule has 8 rings (SSSR count). The number of nitrogens with zero attached hydrogens (tertiary/aromatic N) is 6. The second kappa shape index (κ2) is 23.1. The van der Waals surface area contributed by atoms with Gasteiger partial charge in [0.2, 0.25) is 22.4 Å². The molecule has 29 nitrogen and oxygen atoms in total. The number of aliphatic hydroxyl groups excluding tert-OH is 2. The van der Waals surface area contributed by atoms with Crippen LogP contribution in [0.15, 0.2) is 29.7 Å². The van der Waals surface area contributed by atoms with Crippen molar-refractivity contribution in [3.05, 3.63) is 46.5 Å². The third-order valence-electron chi connectivity index (χ3n) is 13.2. The number of phosphoric acid groups is 3. The van der Waals surface area contributed by atoms with E-state index in [1.54, 1.807) is 0 Å². The van der Waals surface area contributed by atoms with Crippen LogP contribution in [0.2, 0.25) is 0 Å². The number of carbonyl (C=O) groups is 3. The maximum atomic E-state index is 16.1. The third-order valence-corrected chi connectivity index (χ3v) is 17.2. The van der Waals surface area contributed by atoms with Gasteiger partial charge in [-0.3, -0.25) is 37.3 Å². The molecule has 1 aliphatic carbocycles. The maximum absolute atomic E-state index is 16.1. The van der Waals surface area contributed by atoms with Gasteiger partial charge in [-0.05, 0) is 44.2 Å². The van der Waals surface area contributed by atoms with Gasteiger partial charge in [0.25, 0.3) is 0 Å². The van der Waals surface area contributed by atoms with E-state index in [0.717, 1.165) is 61.2 Å². The Morgan fingerprint density at radius 2 is 1.78 bits per heavy atom. The normalized spacial score (nSPS) is 24.0. The number of phosphoric ester groups is 3. The number of benzene rings is 1. The molecule has 6 heterocycles. The van der Waals surface area contributed by atoms with Crippen LogP contribution in [0.1, 0.15) is 68.6 Å². The Bertz CT molecular complexity index is 3060. The zero-order chi connectivity index (χ0) is 55.1. The lowest BCUT2D eigenvalue weighted by Crippen LogP contribution is -2.46. The number of pyridine rings is 1. The number of halogens is 1. The van der Waals surface area contributed by atoms with Crippen molar-refractivity contribution in [3.63, 3.8) is 0 Å². The van der Waals surface area contributed by atoms with Crippen LogP contribution in [-0.4, -0.2) is 160 Å². The largest absolute Gasteiger partial charge is 0.492 e. The SMILES string of the molecule is COc1c(N2C[C@@H]3CCCN[C@@H]3C2)c(F)cc2c(=O)c(C(=O)SCCNC(=O)CCNC(=O)C(O)C(C)(C)COP(=O)(O)OP(=O)(O)OCC3OC(n4cnc5c(N)ncnc54)C(O)C3OP(=O)(O)O)cn(C3CC3)c12. The number of aliphatic hydroxyl groups is 2. The number of piperidine rings is 1. The molecule has 76 heavy (non-hydrogen) atoms. The summed E-state index contributed by atoms with van der Waals surface area (Å²) in [6, 6.07) is 1.39. The molecule has 418 valence electrons. The van der Waals surface area contributed by atoms with Crippen LogP contribution in [0.3, 0.4) is 0 Å². The van der Waals surface area contributed by atoms with Crippen LogP contribution in [0.25, 0.3) is 22.1 Å². The smallest absolute Gasteiger partial charge is 0.481 e. The summed E-state index contributed by atoms with van der Waals surface area (Å²) in [4.78, 5) is 106. The van der Waals surface area contributed by atoms with E-state index in [1.165, 1.54) is 33.2 Å². The van der Waals surface area contributed by atoms with Crippen molar-refractivity contribution in [2.75, 3.05) is 69.4 Å². The number of carbonyl (C=O) groups excluding carboxylic acids is 3. The molecule has 1 aromatic carbocycles. The first-order valence-corrected chi connectivity index (χ1v) is 29.3. The van der Waals surface area contributed by atoms with E-state index in [9.17, 15) is 62.7 Å². The van der Waals surface area contributed by atoms with Crippen molar-refractivity contribution in [1.82, 2.24) is 40.0 Å². The van der Waals surface area contributed by atoms with Crippen LogP contribution in [0.5, 0.6) is 5.75 Å². The molecule has 3 aliphatic heterocycles. The van der Waals surface area contributed by atoms with Gasteiger partial charge in [0, 0.05) is 62.0 Å². The number of nitrogens with one attached hydrogen (secondary N) is 3. The van der Waals surface area contributed by atoms with Crippen molar-refractivity contribution < 1.29 is 89.6 Å². The Hall–Kier alpha value is -4.52. The zero-order valence-electron chi connectivity index (χ0n) is 41.0. The maximum Gasteiger partial charge on any atom is 0.481 e. The molecular weight excluding hydrogens is 1090 g/mol. The standard InChI is InChI=1S/C42H58FN10O19P3S/c1-42(2,18-69-75(65,66)72-74(63,64)68-17-27-34(71-73(60,61)62)33(56)40(70-27)53-20-50-29-37(44)48-19-49-38(29)53)36(57)39(58)47-10-8-28(54)46-11-12-76-41(59)24-15-52(22-6-7-22)30-23(32(24)55)13-25(43)31(35(30)67-3)51-14-21-5-4-9-45-26(21)16-51/h13,15,19-22,26-27,33-34,36,40,45,56-57H,4-12,14,16-18H2,1-3H3,(H,46,54)(H,47,58)(H,63,64)(H,65,66)(H2,44,48,49)(H2,60,61,62)/t21-,26+,27?,33?,34?,36?,40?/m0/s1. The number of anilines is 2. The predicted octanol–water partition coefficient (Wildman–Crippen LogP) is 0.964. The molecule has 1 saturated carbocycles. The first-order chi connectivity index (χ1) is 35.8. The summed E-state index contributed by atoms with van der Waals surface area (Å²) in [5.74, 6) is -1.61. The molecule has 34 heteroatoms. The summed E-state index contributed by atoms with van der Waals surface area (Å²) in [6.07, 6.45) is -2.08. The van der Waals surface area contributed by atoms with E-state index < -0.39 is 101 Å². The first kappa shape index (κ1) is 57.6. The lowest BCUT2D eigenvalue weighted by Gasteiger charge is -2.30. The van der Waals surface area contributed by atoms with Crippen LogP contribution in [0.4, 0.5) is 15.9 Å². The van der Waals surface area contributed by atoms with Gasteiger partial charge in [-0.2, -0.15) is 4.31 Å². The number of fused-ring (bicyclic) bond motifs is 3. The van der Waals surface area contributed by atoms with Gasteiger partial charge in [0.1, 0.15) is 41.9 Å². The van der Waals surface area contributed by atoms with Crippen LogP contribution >= 0.6 is 35.2 Å². The minimum absolute atomic E-state index is 0.0145. The number of ether oxygens (including phenoxy) is 2. The molecule has 2 amide bonds. The Labute approximate surface area is 435 Å². The second-order valence-corrected chi connectivity index (χ2v) is 24.5. The summed E-state index contributed by atoms with van der Waals surface area (Å²) in [5.41, 5.74) is 4.11. The van der Waals surface area contributed by atoms with Gasteiger partial charge < -0.3 is 70.4 Å². The zero-order valence-corrected chi connectivity index (χ0v) is 44.5. The molecule has 0 radical (unpaired) electrons. The Morgan fingerprint density at radius 3 is 2.47 bits per heavy atom. The van der Waals surface area contributed by atoms with E-state index in [2.05, 4.69) is 39.7 Å². The first-order valence-electron chi connectivity index (χ1n) is 23.8. The predicted molar refractivity (Wildman–Crippen MR) is 266 cm³/mol. The molecule has 4 fully saturated rings. The summed E-state index contributed by atoms with van der Waals surface area (Å²) in [6.45, 7) is 2.18. The number of amides is 2. The molecule has 0 bridgehead atoms. The lowest BCUT2D eigenvalue weighted by atomic mass is 9.87. The average molecular weight is 1150 g/mol. The van der Waals surface area contributed by atoms with Crippen LogP contribution < -0.4 is 36.7 Å². The fourth-order valence-corrected chi connectivity index (χ4v) is 12.8. The molecule has 3 aromatic heterocycles. The summed E-state index contributed by atoms with van der Waals surface area (Å²) in [5, 5.41) is 29.6. The van der Waals surface area contributed by atoms with Crippen LogP contribution in [-0.2, 0) is 45.9 Å². The van der Waals surface area contributed by atoms with Crippen molar-refractivity contribution in [2.45, 2.75) is 88.7 Å². The summed E-state index contributed by atoms with van der Waals surface area (Å²) < 4.78 is 86.4. The van der Waals surface area contributed by atoms with Crippen LogP contribution in [0, 0.1) is 17.2 Å². The van der Waals surface area contributed by atoms with Crippen molar-refractivity contribution >= 4 is 85.7 Å². The highest BCUT2D eigenvalue weighted by Crippen LogP contribution is 2.61. The number of hydrogen-bond donors (Lipinski definition) is 10. The van der Waals surface area contributed by atoms with Gasteiger partial charge in [0.15, 0.2) is 29.3 Å². The number of aromatic nitrogens is 5. The second-order valence-electron chi connectivity index (χ2n) is 19.2. The summed E-state index contributed by atoms with van der Waals surface area (Å²) in [7, 11) is -15.1. The highest BCUT2D eigenvalue weighted by atomic mass is 32.2. The average Bonchev–Trinajstić information content (AvgIpc) is 3.88. The molecule has 11 N–H and O–H groups in total. The highest BCUT2D eigenvalue weighted by Gasteiger charge is 2.50. The molecule has 4 aromatic rings. The van der Waals surface area contributed by atoms with Gasteiger partial charge in [0.05, 0.1) is 43.1 Å². The Balaban J connectivity index is 0.777. The minimum Gasteiger partial charge on any atom is -0.492 e. The minimum atomic E-state index is -5.63. The summed E-state index contributed by atoms with van der Waals surface area (Å²) >= 11 is 0.782. The Morgan fingerprint density at radius 1 is 1.04 bits per heavy atom. The van der Waals surface area contributed by atoms with Crippen molar-refractivity contribution in [3.8, 4) is 5.75 Å². The molecule has 4 aliphatic rings. The fraction of sp³-hybridized carbons (Fsp3) is 0.595. The number of methoxy groups -OCH3 is 1. The van der Waals surface area contributed by atoms with E-state index in [-0.39, 0.29) is 71.0 Å². The highest BCUT2D eigenvalue weighted by molar-refractivity contribution is 8.14. The number of rotatable bonds is 23. The van der Waals surface area contributed by atoms with E-state index in [4.69, 9.17) is 24.3 Å². The topological polar surface area (TPSA) is 410 Å². The van der Waals surface area contributed by atoms with E-state index >= 15 is 4.39 Å². The fourth-order valence-electron chi connectivity index (χ4n) is 9.30. The molecule has 7 unspecified atom stereocenters. The van der Waals surface area contributed by atoms with Gasteiger partial charge in [-0.1, -0.05) is 25.6 Å². The third kappa shape index (κ3) is 13.1. The number of hydrogen-bond acceptors (Lipinski definition) is 22. The van der Waals surface area contributed by atoms with Gasteiger partial charge in [-0.15, -0.1) is 0 Å². The number of thioether (sulfide) groups is 1. The van der Waals surface area contributed by atoms with Gasteiger partial charge >= 0.3 is 23.5 Å². The number of nitrogens with two attached hydrogens (primary N) is 1. The molecule has 0 spiro atoms. The molecule has 3 saturated heterocycles. The van der Waals surface area contributed by atoms with Crippen molar-refractivity contribution in [2.24, 2.45) is 11.3 Å². The Kier molecular flexibility index (Phi) is 17.5. The quantitative estimate of drug-likeness (QED) is 0.0365. The lowest BCUT2D eigenvalue weighted by molar-refractivity contribution is -0.137. The van der Waals surface area contributed by atoms with E-state index in [0.29, 0.717) is 30.2 Å².